The zero-order valence-corrected chi connectivity index (χ0v) is 4.27. The van der Waals surface area contributed by atoms with Crippen LogP contribution in [0, 0.1) is 0 Å². The highest BCUT2D eigenvalue weighted by Crippen LogP contribution is 1.78. The summed E-state index contributed by atoms with van der Waals surface area (Å²) in [6, 6.07) is 0. The van der Waals surface area contributed by atoms with Gasteiger partial charge in [-0.1, -0.05) is 5.16 Å². The van der Waals surface area contributed by atoms with Crippen molar-refractivity contribution in [3.63, 3.8) is 0 Å². The topological polar surface area (TPSA) is 48.4 Å². The summed E-state index contributed by atoms with van der Waals surface area (Å²) in [5.41, 5.74) is 0. The largest absolute Gasteiger partial charge is 0.408 e. The molecular formula is C3H4N2OS. The van der Waals surface area contributed by atoms with Crippen LogP contribution in [0.5, 0.6) is 0 Å². The lowest BCUT2D eigenvalue weighted by Crippen LogP contribution is -1.93. The Balaban J connectivity index is 3.22. The van der Waals surface area contributed by atoms with E-state index in [2.05, 4.69) is 10.1 Å². The second-order valence-corrected chi connectivity index (χ2v) is 1.86. The van der Waals surface area contributed by atoms with Crippen molar-refractivity contribution >= 4 is 11.3 Å². The molecule has 1 heterocycles. The molecule has 1 rings (SSSR count). The van der Waals surface area contributed by atoms with Gasteiger partial charge in [0.1, 0.15) is 0 Å². The number of H-pyrrole nitrogens is 1. The van der Waals surface area contributed by atoms with E-state index in [1.54, 1.807) is 11.6 Å². The molecule has 2 N–H and O–H groups in total. The van der Waals surface area contributed by atoms with Crippen LogP contribution in [-0.4, -0.2) is 10.2 Å². The number of hydrogen-bond donors (Lipinski definition) is 2. The predicted octanol–water partition coefficient (Wildman–Crippen LogP) is 0.366. The highest BCUT2D eigenvalue weighted by molar-refractivity contribution is 7.07. The van der Waals surface area contributed by atoms with Crippen LogP contribution >= 0.6 is 11.3 Å². The van der Waals surface area contributed by atoms with Gasteiger partial charge in [-0.15, -0.1) is 11.3 Å². The van der Waals surface area contributed by atoms with E-state index in [4.69, 9.17) is 5.21 Å². The van der Waals surface area contributed by atoms with Crippen molar-refractivity contribution in [2.24, 2.45) is 5.16 Å². The van der Waals surface area contributed by atoms with E-state index in [1.807, 2.05) is 0 Å². The van der Waals surface area contributed by atoms with Crippen LogP contribution in [0.3, 0.4) is 0 Å². The average molecular weight is 116 g/mol. The molecule has 38 valence electrons. The van der Waals surface area contributed by atoms with Crippen LogP contribution in [0.4, 0.5) is 0 Å². The maximum Gasteiger partial charge on any atom is 0.224 e. The third-order valence-corrected chi connectivity index (χ3v) is 1.24. The predicted molar refractivity (Wildman–Crippen MR) is 26.0 cm³/mol. The molecule has 0 atom stereocenters. The van der Waals surface area contributed by atoms with Crippen molar-refractivity contribution in [3.05, 3.63) is 16.4 Å². The standard InChI is InChI=1S/C3H4N2OS/c6-5-3-4-1-2-7-3/h1-2,6H,(H,4,5). The number of rotatable bonds is 0. The molecule has 0 amide bonds. The first-order chi connectivity index (χ1) is 3.43. The Morgan fingerprint density at radius 2 is 2.71 bits per heavy atom. The van der Waals surface area contributed by atoms with Gasteiger partial charge in [-0.05, 0) is 0 Å². The van der Waals surface area contributed by atoms with E-state index in [1.165, 1.54) is 11.3 Å². The van der Waals surface area contributed by atoms with Crippen molar-refractivity contribution in [1.29, 1.82) is 0 Å². The number of aromatic nitrogens is 1. The SMILES string of the molecule is ON=c1[nH]ccs1. The van der Waals surface area contributed by atoms with Gasteiger partial charge in [0.05, 0.1) is 0 Å². The fourth-order valence-electron chi connectivity index (χ4n) is 0.290. The fraction of sp³-hybridized carbons (Fsp3) is 0. The lowest BCUT2D eigenvalue weighted by molar-refractivity contribution is 0.301. The van der Waals surface area contributed by atoms with Gasteiger partial charge in [0.25, 0.3) is 0 Å². The van der Waals surface area contributed by atoms with Gasteiger partial charge in [-0.2, -0.15) is 0 Å². The Morgan fingerprint density at radius 3 is 3.00 bits per heavy atom. The van der Waals surface area contributed by atoms with Gasteiger partial charge < -0.3 is 10.2 Å². The summed E-state index contributed by atoms with van der Waals surface area (Å²) in [6.45, 7) is 0. The molecule has 0 aromatic carbocycles. The third-order valence-electron chi connectivity index (χ3n) is 0.545. The minimum atomic E-state index is 0.528. The Kier molecular flexibility index (Phi) is 1.12. The van der Waals surface area contributed by atoms with Gasteiger partial charge in [0.15, 0.2) is 0 Å². The Hall–Kier alpha value is -0.770. The lowest BCUT2D eigenvalue weighted by Gasteiger charge is -1.63. The van der Waals surface area contributed by atoms with Crippen molar-refractivity contribution in [2.75, 3.05) is 0 Å². The molecule has 7 heavy (non-hydrogen) atoms. The molecular weight excluding hydrogens is 112 g/mol. The Labute approximate surface area is 43.9 Å². The molecule has 1 aromatic heterocycles. The summed E-state index contributed by atoms with van der Waals surface area (Å²) in [5, 5.41) is 12.7. The molecule has 0 aliphatic heterocycles. The van der Waals surface area contributed by atoms with Crippen LogP contribution in [0.2, 0.25) is 0 Å². The molecule has 0 aliphatic rings. The van der Waals surface area contributed by atoms with Crippen molar-refractivity contribution < 1.29 is 5.21 Å². The van der Waals surface area contributed by atoms with Crippen molar-refractivity contribution in [2.45, 2.75) is 0 Å². The molecule has 0 aliphatic carbocycles. The maximum absolute atomic E-state index is 8.03. The van der Waals surface area contributed by atoms with Gasteiger partial charge in [0.2, 0.25) is 4.80 Å². The van der Waals surface area contributed by atoms with Crippen LogP contribution in [0.25, 0.3) is 0 Å². The summed E-state index contributed by atoms with van der Waals surface area (Å²) in [5.74, 6) is 0. The van der Waals surface area contributed by atoms with E-state index >= 15 is 0 Å². The Bertz CT molecular complexity index is 172. The molecule has 0 bridgehead atoms. The zero-order chi connectivity index (χ0) is 5.11. The molecule has 4 heteroatoms. The minimum Gasteiger partial charge on any atom is -0.408 e. The third kappa shape index (κ3) is 0.806. The summed E-state index contributed by atoms with van der Waals surface area (Å²) in [7, 11) is 0. The lowest BCUT2D eigenvalue weighted by atomic mass is 11.0. The molecule has 3 nitrogen and oxygen atoms in total. The number of hydrogen-bond acceptors (Lipinski definition) is 3. The van der Waals surface area contributed by atoms with Gasteiger partial charge in [0, 0.05) is 11.6 Å². The number of aromatic amines is 1. The van der Waals surface area contributed by atoms with E-state index in [9.17, 15) is 0 Å². The monoisotopic (exact) mass is 116 g/mol. The van der Waals surface area contributed by atoms with E-state index in [-0.39, 0.29) is 0 Å². The zero-order valence-electron chi connectivity index (χ0n) is 3.46. The van der Waals surface area contributed by atoms with E-state index in [0.29, 0.717) is 4.80 Å². The minimum absolute atomic E-state index is 0.528. The number of thiazole rings is 1. The smallest absolute Gasteiger partial charge is 0.224 e. The van der Waals surface area contributed by atoms with Gasteiger partial charge in [-0.25, -0.2) is 0 Å². The molecule has 0 radical (unpaired) electrons. The van der Waals surface area contributed by atoms with Crippen LogP contribution in [0.1, 0.15) is 0 Å². The van der Waals surface area contributed by atoms with Gasteiger partial charge >= 0.3 is 0 Å². The molecule has 0 unspecified atom stereocenters. The molecule has 0 fully saturated rings. The molecule has 0 spiro atoms. The second kappa shape index (κ2) is 1.79. The maximum atomic E-state index is 8.03. The number of nitrogens with one attached hydrogen (secondary N) is 1. The highest BCUT2D eigenvalue weighted by atomic mass is 32.1. The molecule has 0 saturated carbocycles. The first-order valence-corrected chi connectivity index (χ1v) is 2.62. The van der Waals surface area contributed by atoms with E-state index in [0.717, 1.165) is 0 Å². The summed E-state index contributed by atoms with van der Waals surface area (Å²) in [4.78, 5) is 3.22. The van der Waals surface area contributed by atoms with Crippen LogP contribution in [-0.2, 0) is 0 Å². The van der Waals surface area contributed by atoms with Crippen molar-refractivity contribution in [1.82, 2.24) is 4.98 Å². The second-order valence-electron chi connectivity index (χ2n) is 0.970. The van der Waals surface area contributed by atoms with Crippen molar-refractivity contribution in [3.8, 4) is 0 Å². The summed E-state index contributed by atoms with van der Waals surface area (Å²) >= 11 is 1.35. The normalized spacial score (nSPS) is 12.3. The average Bonchev–Trinajstić information content (AvgIpc) is 2.14. The first kappa shape index (κ1) is 4.39. The molecule has 0 saturated heterocycles. The highest BCUT2D eigenvalue weighted by Gasteiger charge is 1.73. The summed E-state index contributed by atoms with van der Waals surface area (Å²) < 4.78 is 0. The van der Waals surface area contributed by atoms with E-state index < -0.39 is 0 Å². The first-order valence-electron chi connectivity index (χ1n) is 1.74. The van der Waals surface area contributed by atoms with Crippen LogP contribution in [0.15, 0.2) is 16.7 Å². The Morgan fingerprint density at radius 1 is 1.86 bits per heavy atom. The molecule has 1 aromatic rings. The summed E-state index contributed by atoms with van der Waals surface area (Å²) in [6.07, 6.45) is 1.71. The quantitative estimate of drug-likeness (QED) is 0.373. The number of nitrogens with zero attached hydrogens (tertiary/aromatic N) is 1. The van der Waals surface area contributed by atoms with Gasteiger partial charge in [-0.3, -0.25) is 0 Å². The fourth-order valence-corrected chi connectivity index (χ4v) is 0.738. The van der Waals surface area contributed by atoms with Crippen LogP contribution < -0.4 is 4.80 Å².